The number of benzene rings is 2. The molecule has 166 valence electrons. The van der Waals surface area contributed by atoms with Crippen molar-refractivity contribution in [2.75, 3.05) is 18.4 Å². The molecule has 2 N–H and O–H groups in total. The Morgan fingerprint density at radius 3 is 2.69 bits per heavy atom. The van der Waals surface area contributed by atoms with Crippen molar-refractivity contribution in [3.05, 3.63) is 76.8 Å². The summed E-state index contributed by atoms with van der Waals surface area (Å²) in [5.74, 6) is 0. The zero-order valence-corrected chi connectivity index (χ0v) is 19.1. The first-order valence-electron chi connectivity index (χ1n) is 11.3. The third kappa shape index (κ3) is 4.23. The third-order valence-electron chi connectivity index (χ3n) is 6.17. The molecular formula is C26H29ClN4O. The zero-order chi connectivity index (χ0) is 21.2. The molecule has 1 aliphatic rings. The standard InChI is InChI=1S/C26H28N4O.ClH/c1-2-3-8-23-24(19-9-11-20(12-10-19)28-21-13-15-27-17-21)26(31)30-16-14-18-6-4-5-7-22(18)25(30)29-23;/h4-7,9-12,14,16,21,27-28H,2-3,8,13,15,17H2,1H3;1H. The van der Waals surface area contributed by atoms with E-state index in [4.69, 9.17) is 4.98 Å². The maximum atomic E-state index is 13.6. The Morgan fingerprint density at radius 1 is 1.12 bits per heavy atom. The molecule has 2 aromatic heterocycles. The van der Waals surface area contributed by atoms with E-state index in [1.54, 1.807) is 4.40 Å². The van der Waals surface area contributed by atoms with Gasteiger partial charge in [-0.2, -0.15) is 0 Å². The molecule has 6 heteroatoms. The van der Waals surface area contributed by atoms with Gasteiger partial charge in [-0.05, 0) is 55.0 Å². The summed E-state index contributed by atoms with van der Waals surface area (Å²) in [7, 11) is 0. The van der Waals surface area contributed by atoms with Crippen LogP contribution < -0.4 is 16.2 Å². The molecule has 0 amide bonds. The summed E-state index contributed by atoms with van der Waals surface area (Å²) in [6.07, 6.45) is 5.85. The van der Waals surface area contributed by atoms with Crippen LogP contribution in [0.25, 0.3) is 27.5 Å². The Morgan fingerprint density at radius 2 is 1.94 bits per heavy atom. The van der Waals surface area contributed by atoms with Crippen molar-refractivity contribution in [2.45, 2.75) is 38.6 Å². The highest BCUT2D eigenvalue weighted by atomic mass is 35.5. The lowest BCUT2D eigenvalue weighted by molar-refractivity contribution is 0.775. The van der Waals surface area contributed by atoms with Crippen LogP contribution in [0.4, 0.5) is 5.69 Å². The predicted molar refractivity (Wildman–Crippen MR) is 135 cm³/mol. The van der Waals surface area contributed by atoms with Gasteiger partial charge < -0.3 is 10.6 Å². The van der Waals surface area contributed by atoms with E-state index in [1.807, 2.05) is 42.6 Å². The molecule has 2 aromatic carbocycles. The molecule has 32 heavy (non-hydrogen) atoms. The molecule has 5 nitrogen and oxygen atoms in total. The number of unbranched alkanes of at least 4 members (excludes halogenated alkanes) is 1. The van der Waals surface area contributed by atoms with Crippen LogP contribution in [0.15, 0.2) is 65.6 Å². The van der Waals surface area contributed by atoms with Crippen LogP contribution in [-0.2, 0) is 6.42 Å². The molecule has 0 saturated carbocycles. The number of halogens is 1. The summed E-state index contributed by atoms with van der Waals surface area (Å²) in [5.41, 5.74) is 4.38. The average Bonchev–Trinajstić information content (AvgIpc) is 3.31. The lowest BCUT2D eigenvalue weighted by atomic mass is 10.0. The van der Waals surface area contributed by atoms with E-state index < -0.39 is 0 Å². The molecule has 0 spiro atoms. The summed E-state index contributed by atoms with van der Waals surface area (Å²) in [4.78, 5) is 18.6. The van der Waals surface area contributed by atoms with Gasteiger partial charge in [-0.1, -0.05) is 49.7 Å². The van der Waals surface area contributed by atoms with Crippen molar-refractivity contribution in [3.8, 4) is 11.1 Å². The molecule has 1 saturated heterocycles. The summed E-state index contributed by atoms with van der Waals surface area (Å²) in [6.45, 7) is 4.22. The van der Waals surface area contributed by atoms with E-state index in [0.29, 0.717) is 6.04 Å². The summed E-state index contributed by atoms with van der Waals surface area (Å²) in [5, 5.41) is 9.06. The molecule has 3 heterocycles. The van der Waals surface area contributed by atoms with E-state index in [0.717, 1.165) is 77.7 Å². The van der Waals surface area contributed by atoms with Crippen LogP contribution in [0.1, 0.15) is 31.9 Å². The van der Waals surface area contributed by atoms with Gasteiger partial charge in [-0.15, -0.1) is 12.4 Å². The van der Waals surface area contributed by atoms with Crippen LogP contribution >= 0.6 is 12.4 Å². The van der Waals surface area contributed by atoms with E-state index in [9.17, 15) is 4.79 Å². The number of nitrogens with zero attached hydrogens (tertiary/aromatic N) is 2. The lowest BCUT2D eigenvalue weighted by Crippen LogP contribution is -2.22. The predicted octanol–water partition coefficient (Wildman–Crippen LogP) is 5.05. The molecule has 5 rings (SSSR count). The van der Waals surface area contributed by atoms with Crippen LogP contribution in [0.2, 0.25) is 0 Å². The fraction of sp³-hybridized carbons (Fsp3) is 0.308. The minimum absolute atomic E-state index is 0. The highest BCUT2D eigenvalue weighted by Gasteiger charge is 2.17. The van der Waals surface area contributed by atoms with Crippen molar-refractivity contribution >= 4 is 34.5 Å². The van der Waals surface area contributed by atoms with E-state index >= 15 is 0 Å². The molecule has 0 radical (unpaired) electrons. The van der Waals surface area contributed by atoms with Crippen LogP contribution in [0.3, 0.4) is 0 Å². The number of hydrogen-bond donors (Lipinski definition) is 2. The van der Waals surface area contributed by atoms with E-state index in [-0.39, 0.29) is 18.0 Å². The maximum Gasteiger partial charge on any atom is 0.266 e. The Labute approximate surface area is 194 Å². The minimum Gasteiger partial charge on any atom is -0.381 e. The first kappa shape index (κ1) is 22.3. The van der Waals surface area contributed by atoms with Crippen molar-refractivity contribution in [1.82, 2.24) is 14.7 Å². The lowest BCUT2D eigenvalue weighted by Gasteiger charge is -2.15. The van der Waals surface area contributed by atoms with E-state index in [1.165, 1.54) is 0 Å². The molecule has 4 aromatic rings. The Balaban J connectivity index is 0.00000245. The average molecular weight is 449 g/mol. The first-order valence-corrected chi connectivity index (χ1v) is 11.3. The molecule has 0 aliphatic carbocycles. The van der Waals surface area contributed by atoms with Crippen LogP contribution in [0.5, 0.6) is 0 Å². The number of rotatable bonds is 6. The number of aryl methyl sites for hydroxylation is 1. The number of fused-ring (bicyclic) bond motifs is 3. The molecule has 1 fully saturated rings. The van der Waals surface area contributed by atoms with Gasteiger partial charge in [0.2, 0.25) is 0 Å². The van der Waals surface area contributed by atoms with Gasteiger partial charge in [-0.25, -0.2) is 4.98 Å². The van der Waals surface area contributed by atoms with Gasteiger partial charge in [0, 0.05) is 29.9 Å². The van der Waals surface area contributed by atoms with Crippen LogP contribution in [0, 0.1) is 0 Å². The highest BCUT2D eigenvalue weighted by molar-refractivity contribution is 5.94. The monoisotopic (exact) mass is 448 g/mol. The minimum atomic E-state index is 0. The highest BCUT2D eigenvalue weighted by Crippen LogP contribution is 2.26. The number of aromatic nitrogens is 2. The van der Waals surface area contributed by atoms with E-state index in [2.05, 4.69) is 35.8 Å². The largest absolute Gasteiger partial charge is 0.381 e. The molecular weight excluding hydrogens is 420 g/mol. The zero-order valence-electron chi connectivity index (χ0n) is 18.3. The summed E-state index contributed by atoms with van der Waals surface area (Å²) >= 11 is 0. The van der Waals surface area contributed by atoms with Gasteiger partial charge in [0.05, 0.1) is 11.3 Å². The maximum absolute atomic E-state index is 13.6. The second-order valence-corrected chi connectivity index (χ2v) is 8.35. The van der Waals surface area contributed by atoms with Crippen LogP contribution in [-0.4, -0.2) is 28.5 Å². The Kier molecular flexibility index (Phi) is 6.77. The fourth-order valence-corrected chi connectivity index (χ4v) is 4.47. The second-order valence-electron chi connectivity index (χ2n) is 8.35. The normalized spacial score (nSPS) is 15.7. The molecule has 0 bridgehead atoms. The Hall–Kier alpha value is -2.89. The number of hydrogen-bond acceptors (Lipinski definition) is 4. The summed E-state index contributed by atoms with van der Waals surface area (Å²) in [6, 6.07) is 18.8. The topological polar surface area (TPSA) is 58.4 Å². The van der Waals surface area contributed by atoms with Crippen molar-refractivity contribution < 1.29 is 0 Å². The number of pyridine rings is 1. The molecule has 1 atom stereocenters. The van der Waals surface area contributed by atoms with Gasteiger partial charge in [0.15, 0.2) is 0 Å². The van der Waals surface area contributed by atoms with Gasteiger partial charge in [0.1, 0.15) is 5.65 Å². The first-order chi connectivity index (χ1) is 15.2. The number of anilines is 1. The molecule has 1 unspecified atom stereocenters. The second kappa shape index (κ2) is 9.72. The summed E-state index contributed by atoms with van der Waals surface area (Å²) < 4.78 is 1.70. The van der Waals surface area contributed by atoms with Crippen molar-refractivity contribution in [2.24, 2.45) is 0 Å². The molecule has 1 aliphatic heterocycles. The smallest absolute Gasteiger partial charge is 0.266 e. The third-order valence-corrected chi connectivity index (χ3v) is 6.17. The van der Waals surface area contributed by atoms with Crippen molar-refractivity contribution in [3.63, 3.8) is 0 Å². The van der Waals surface area contributed by atoms with Gasteiger partial charge >= 0.3 is 0 Å². The Bertz CT molecular complexity index is 1280. The quantitative estimate of drug-likeness (QED) is 0.405. The van der Waals surface area contributed by atoms with Gasteiger partial charge in [0.25, 0.3) is 5.56 Å². The SMILES string of the molecule is CCCCc1nc2c3ccccc3ccn2c(=O)c1-c1ccc(NC2CCNC2)cc1.Cl. The van der Waals surface area contributed by atoms with Crippen molar-refractivity contribution in [1.29, 1.82) is 0 Å². The fourth-order valence-electron chi connectivity index (χ4n) is 4.47. The number of nitrogens with one attached hydrogen (secondary N) is 2. The van der Waals surface area contributed by atoms with Gasteiger partial charge in [-0.3, -0.25) is 9.20 Å².